The first kappa shape index (κ1) is 12.8. The van der Waals surface area contributed by atoms with Gasteiger partial charge in [-0.2, -0.15) is 0 Å². The number of hydrogen-bond acceptors (Lipinski definition) is 6. The molecular weight excluding hydrogens is 234 g/mol. The lowest BCUT2D eigenvalue weighted by molar-refractivity contribution is 0.0587. The summed E-state index contributed by atoms with van der Waals surface area (Å²) in [5.74, 6) is -0.0372. The molecule has 0 aromatic carbocycles. The summed E-state index contributed by atoms with van der Waals surface area (Å²) in [4.78, 5) is 19.1. The quantitative estimate of drug-likeness (QED) is 0.776. The maximum absolute atomic E-state index is 11.3. The number of nitrogens with one attached hydrogen (secondary N) is 1. The van der Waals surface area contributed by atoms with E-state index in [4.69, 9.17) is 0 Å². The summed E-state index contributed by atoms with van der Waals surface area (Å²) < 4.78 is 4.55. The molecule has 1 aromatic heterocycles. The predicted molar refractivity (Wildman–Crippen MR) is 65.3 cm³/mol. The molecule has 1 aliphatic rings. The Labute approximate surface area is 105 Å². The fraction of sp³-hybridized carbons (Fsp3) is 0.583. The van der Waals surface area contributed by atoms with Crippen LogP contribution >= 0.6 is 0 Å². The van der Waals surface area contributed by atoms with E-state index in [2.05, 4.69) is 20.0 Å². The molecule has 18 heavy (non-hydrogen) atoms. The van der Waals surface area contributed by atoms with Gasteiger partial charge in [0.05, 0.1) is 12.7 Å². The van der Waals surface area contributed by atoms with Gasteiger partial charge >= 0.3 is 5.97 Å². The molecule has 0 radical (unpaired) electrons. The Kier molecular flexibility index (Phi) is 3.76. The summed E-state index contributed by atoms with van der Waals surface area (Å²) in [5, 5.41) is 13.2. The zero-order valence-electron chi connectivity index (χ0n) is 10.3. The molecule has 0 unspecified atom stereocenters. The van der Waals surface area contributed by atoms with Crippen molar-refractivity contribution < 1.29 is 14.6 Å². The molecule has 98 valence electrons. The third-order valence-corrected chi connectivity index (χ3v) is 3.16. The van der Waals surface area contributed by atoms with E-state index < -0.39 is 11.6 Å². The molecule has 0 saturated heterocycles. The Bertz CT molecular complexity index is 430. The van der Waals surface area contributed by atoms with Gasteiger partial charge < -0.3 is 15.2 Å². The fourth-order valence-corrected chi connectivity index (χ4v) is 2.11. The second kappa shape index (κ2) is 5.30. The molecule has 0 atom stereocenters. The Morgan fingerprint density at radius 1 is 1.56 bits per heavy atom. The van der Waals surface area contributed by atoms with Crippen LogP contribution in [0, 0.1) is 0 Å². The molecule has 2 N–H and O–H groups in total. The van der Waals surface area contributed by atoms with Gasteiger partial charge in [-0.15, -0.1) is 0 Å². The minimum atomic E-state index is -0.656. The van der Waals surface area contributed by atoms with Crippen molar-refractivity contribution in [3.8, 4) is 0 Å². The van der Waals surface area contributed by atoms with Gasteiger partial charge in [-0.25, -0.2) is 14.8 Å². The summed E-state index contributed by atoms with van der Waals surface area (Å²) >= 11 is 0. The van der Waals surface area contributed by atoms with Crippen LogP contribution in [0.1, 0.15) is 36.3 Å². The summed E-state index contributed by atoms with van der Waals surface area (Å²) in [6.45, 7) is 0.435. The number of anilines is 1. The first-order valence-corrected chi connectivity index (χ1v) is 6.01. The van der Waals surface area contributed by atoms with Crippen LogP contribution in [-0.2, 0) is 4.74 Å². The first-order valence-electron chi connectivity index (χ1n) is 6.01. The molecule has 1 aliphatic carbocycles. The minimum absolute atomic E-state index is 0.0147. The molecular formula is C12H17N3O3. The van der Waals surface area contributed by atoms with Gasteiger partial charge in [0, 0.05) is 12.7 Å². The van der Waals surface area contributed by atoms with E-state index in [9.17, 15) is 9.90 Å². The van der Waals surface area contributed by atoms with E-state index in [0.717, 1.165) is 25.7 Å². The number of aliphatic hydroxyl groups is 1. The van der Waals surface area contributed by atoms with Crippen LogP contribution < -0.4 is 5.32 Å². The zero-order chi connectivity index (χ0) is 13.0. The maximum Gasteiger partial charge on any atom is 0.376 e. The molecule has 1 fully saturated rings. The van der Waals surface area contributed by atoms with Crippen LogP contribution in [-0.4, -0.2) is 40.3 Å². The second-order valence-electron chi connectivity index (χ2n) is 4.54. The van der Waals surface area contributed by atoms with Crippen molar-refractivity contribution in [1.29, 1.82) is 0 Å². The standard InChI is InChI=1S/C12H17N3O3/c1-18-11(16)10-13-7-4-9(15-10)14-8-12(17)5-2-3-6-12/h4,7,17H,2-3,5-6,8H2,1H3,(H,13,14,15). The van der Waals surface area contributed by atoms with Gasteiger partial charge in [0.2, 0.25) is 5.82 Å². The van der Waals surface area contributed by atoms with E-state index in [-0.39, 0.29) is 5.82 Å². The van der Waals surface area contributed by atoms with Crippen LogP contribution in [0.4, 0.5) is 5.82 Å². The van der Waals surface area contributed by atoms with Crippen LogP contribution in [0.15, 0.2) is 12.3 Å². The monoisotopic (exact) mass is 251 g/mol. The highest BCUT2D eigenvalue weighted by Crippen LogP contribution is 2.29. The summed E-state index contributed by atoms with van der Waals surface area (Å²) in [5.41, 5.74) is -0.656. The molecule has 1 aromatic rings. The van der Waals surface area contributed by atoms with Crippen LogP contribution in [0.25, 0.3) is 0 Å². The lowest BCUT2D eigenvalue weighted by Crippen LogP contribution is -2.33. The van der Waals surface area contributed by atoms with Crippen molar-refractivity contribution >= 4 is 11.8 Å². The Balaban J connectivity index is 1.99. The van der Waals surface area contributed by atoms with Crippen molar-refractivity contribution in [2.24, 2.45) is 0 Å². The average Bonchev–Trinajstić information content (AvgIpc) is 2.83. The lowest BCUT2D eigenvalue weighted by atomic mass is 10.0. The average molecular weight is 251 g/mol. The van der Waals surface area contributed by atoms with Gasteiger partial charge in [0.15, 0.2) is 0 Å². The predicted octanol–water partition coefficient (Wildman–Crippen LogP) is 0.980. The Morgan fingerprint density at radius 3 is 2.94 bits per heavy atom. The van der Waals surface area contributed by atoms with E-state index >= 15 is 0 Å². The van der Waals surface area contributed by atoms with Gasteiger partial charge in [-0.05, 0) is 18.9 Å². The van der Waals surface area contributed by atoms with Gasteiger partial charge in [0.1, 0.15) is 5.82 Å². The third kappa shape index (κ3) is 2.95. The number of methoxy groups -OCH3 is 1. The zero-order valence-corrected chi connectivity index (χ0v) is 10.3. The normalized spacial score (nSPS) is 17.4. The van der Waals surface area contributed by atoms with Gasteiger partial charge in [-0.1, -0.05) is 12.8 Å². The van der Waals surface area contributed by atoms with Crippen LogP contribution in [0.5, 0.6) is 0 Å². The highest BCUT2D eigenvalue weighted by molar-refractivity contribution is 5.85. The van der Waals surface area contributed by atoms with Crippen molar-refractivity contribution in [1.82, 2.24) is 9.97 Å². The highest BCUT2D eigenvalue weighted by Gasteiger charge is 2.30. The molecule has 0 aliphatic heterocycles. The largest absolute Gasteiger partial charge is 0.463 e. The number of aromatic nitrogens is 2. The molecule has 6 heteroatoms. The summed E-state index contributed by atoms with van der Waals surface area (Å²) in [7, 11) is 1.28. The van der Waals surface area contributed by atoms with Crippen LogP contribution in [0.3, 0.4) is 0 Å². The second-order valence-corrected chi connectivity index (χ2v) is 4.54. The number of esters is 1. The van der Waals surface area contributed by atoms with E-state index in [1.54, 1.807) is 6.07 Å². The van der Waals surface area contributed by atoms with Crippen LogP contribution in [0.2, 0.25) is 0 Å². The number of carbonyl (C=O) groups is 1. The van der Waals surface area contributed by atoms with Crippen molar-refractivity contribution in [2.45, 2.75) is 31.3 Å². The maximum atomic E-state index is 11.3. The molecule has 1 saturated carbocycles. The van der Waals surface area contributed by atoms with E-state index in [1.807, 2.05) is 0 Å². The lowest BCUT2D eigenvalue weighted by Gasteiger charge is -2.22. The number of nitrogens with zero attached hydrogens (tertiary/aromatic N) is 2. The molecule has 2 rings (SSSR count). The van der Waals surface area contributed by atoms with Gasteiger partial charge in [0.25, 0.3) is 0 Å². The van der Waals surface area contributed by atoms with E-state index in [0.29, 0.717) is 12.4 Å². The van der Waals surface area contributed by atoms with Crippen molar-refractivity contribution in [2.75, 3.05) is 19.0 Å². The highest BCUT2D eigenvalue weighted by atomic mass is 16.5. The molecule has 6 nitrogen and oxygen atoms in total. The topological polar surface area (TPSA) is 84.3 Å². The SMILES string of the molecule is COC(=O)c1nccc(NCC2(O)CCCC2)n1. The first-order chi connectivity index (χ1) is 8.63. The molecule has 0 amide bonds. The third-order valence-electron chi connectivity index (χ3n) is 3.16. The Hall–Kier alpha value is -1.69. The number of ether oxygens (including phenoxy) is 1. The Morgan fingerprint density at radius 2 is 2.28 bits per heavy atom. The van der Waals surface area contributed by atoms with Crippen molar-refractivity contribution in [3.63, 3.8) is 0 Å². The number of carbonyl (C=O) groups excluding carboxylic acids is 1. The summed E-state index contributed by atoms with van der Waals surface area (Å²) in [6, 6.07) is 1.66. The number of rotatable bonds is 4. The molecule has 0 spiro atoms. The van der Waals surface area contributed by atoms with Gasteiger partial charge in [-0.3, -0.25) is 0 Å². The summed E-state index contributed by atoms with van der Waals surface area (Å²) in [6.07, 6.45) is 5.19. The smallest absolute Gasteiger partial charge is 0.376 e. The number of hydrogen-bond donors (Lipinski definition) is 2. The van der Waals surface area contributed by atoms with E-state index in [1.165, 1.54) is 13.3 Å². The van der Waals surface area contributed by atoms with Crippen molar-refractivity contribution in [3.05, 3.63) is 18.1 Å². The molecule has 0 bridgehead atoms. The fourth-order valence-electron chi connectivity index (χ4n) is 2.11. The molecule has 1 heterocycles. The minimum Gasteiger partial charge on any atom is -0.463 e.